The van der Waals surface area contributed by atoms with Crippen molar-refractivity contribution in [3.63, 3.8) is 0 Å². The predicted molar refractivity (Wildman–Crippen MR) is 113 cm³/mol. The number of thiophene rings is 1. The number of benzene rings is 1. The fourth-order valence-corrected chi connectivity index (χ4v) is 4.00. The van der Waals surface area contributed by atoms with E-state index < -0.39 is 0 Å². The van der Waals surface area contributed by atoms with Gasteiger partial charge in [-0.15, -0.1) is 11.3 Å². The second-order valence-corrected chi connectivity index (χ2v) is 8.95. The number of likely N-dealkylation sites (N-methyl/N-ethyl adjacent to an activating group) is 1. The monoisotopic (exact) mass is 399 g/mol. The van der Waals surface area contributed by atoms with Crippen LogP contribution in [0.5, 0.6) is 0 Å². The zero-order valence-electron chi connectivity index (χ0n) is 16.7. The summed E-state index contributed by atoms with van der Waals surface area (Å²) < 4.78 is 0. The molecule has 2 amide bonds. The molecule has 2 aromatic rings. The van der Waals surface area contributed by atoms with E-state index in [2.05, 4.69) is 36.5 Å². The third-order valence-electron chi connectivity index (χ3n) is 4.77. The van der Waals surface area contributed by atoms with Crippen LogP contribution in [0.15, 0.2) is 42.5 Å². The second kappa shape index (κ2) is 9.85. The number of nitrogens with one attached hydrogen (secondary N) is 1. The molecule has 5 nitrogen and oxygen atoms in total. The summed E-state index contributed by atoms with van der Waals surface area (Å²) in [5.74, 6) is 0.0613. The average Bonchev–Trinajstić information content (AvgIpc) is 3.37. The third kappa shape index (κ3) is 6.77. The van der Waals surface area contributed by atoms with Crippen molar-refractivity contribution in [3.8, 4) is 0 Å². The Balaban J connectivity index is 1.57. The summed E-state index contributed by atoms with van der Waals surface area (Å²) in [4.78, 5) is 31.1. The molecule has 1 aliphatic rings. The molecular formula is C22H29N3O2S. The molecule has 1 saturated carbocycles. The second-order valence-electron chi connectivity index (χ2n) is 7.58. The summed E-state index contributed by atoms with van der Waals surface area (Å²) in [5.41, 5.74) is 1.22. The van der Waals surface area contributed by atoms with Crippen LogP contribution in [0.2, 0.25) is 0 Å². The zero-order valence-corrected chi connectivity index (χ0v) is 17.5. The van der Waals surface area contributed by atoms with E-state index in [1.165, 1.54) is 15.3 Å². The molecule has 0 radical (unpaired) electrons. The van der Waals surface area contributed by atoms with Crippen molar-refractivity contribution in [3.05, 3.63) is 57.8 Å². The van der Waals surface area contributed by atoms with E-state index in [9.17, 15) is 9.59 Å². The van der Waals surface area contributed by atoms with Crippen LogP contribution in [0.4, 0.5) is 0 Å². The Morgan fingerprint density at radius 3 is 2.50 bits per heavy atom. The quantitative estimate of drug-likeness (QED) is 0.668. The van der Waals surface area contributed by atoms with Crippen LogP contribution in [0.1, 0.15) is 28.2 Å². The summed E-state index contributed by atoms with van der Waals surface area (Å²) in [5, 5.41) is 2.97. The number of carbonyl (C=O) groups excluding carboxylic acids is 2. The minimum Gasteiger partial charge on any atom is -0.352 e. The number of hydrogen-bond acceptors (Lipinski definition) is 4. The van der Waals surface area contributed by atoms with Crippen molar-refractivity contribution in [2.24, 2.45) is 0 Å². The van der Waals surface area contributed by atoms with Gasteiger partial charge in [0.05, 0.1) is 19.6 Å². The van der Waals surface area contributed by atoms with E-state index in [-0.39, 0.29) is 24.9 Å². The summed E-state index contributed by atoms with van der Waals surface area (Å²) in [6.07, 6.45) is 2.96. The topological polar surface area (TPSA) is 52.7 Å². The Morgan fingerprint density at radius 2 is 1.86 bits per heavy atom. The van der Waals surface area contributed by atoms with Crippen molar-refractivity contribution in [1.29, 1.82) is 0 Å². The van der Waals surface area contributed by atoms with E-state index in [1.54, 1.807) is 16.2 Å². The van der Waals surface area contributed by atoms with E-state index in [4.69, 9.17) is 0 Å². The first-order valence-corrected chi connectivity index (χ1v) is 10.7. The molecule has 1 heterocycles. The number of nitrogens with zero attached hydrogens (tertiary/aromatic N) is 2. The maximum absolute atomic E-state index is 13.0. The molecule has 3 rings (SSSR count). The van der Waals surface area contributed by atoms with Crippen LogP contribution in [-0.2, 0) is 22.6 Å². The molecule has 0 spiro atoms. The van der Waals surface area contributed by atoms with Crippen LogP contribution in [0.3, 0.4) is 0 Å². The minimum atomic E-state index is 0.00233. The van der Waals surface area contributed by atoms with Crippen molar-refractivity contribution in [2.45, 2.75) is 38.8 Å². The molecule has 1 aromatic carbocycles. The maximum atomic E-state index is 13.0. The molecule has 1 aliphatic carbocycles. The van der Waals surface area contributed by atoms with Gasteiger partial charge in [-0.3, -0.25) is 14.5 Å². The van der Waals surface area contributed by atoms with Crippen LogP contribution in [0, 0.1) is 6.92 Å². The lowest BCUT2D eigenvalue weighted by atomic mass is 10.1. The smallest absolute Gasteiger partial charge is 0.237 e. The maximum Gasteiger partial charge on any atom is 0.237 e. The van der Waals surface area contributed by atoms with Gasteiger partial charge in [-0.2, -0.15) is 0 Å². The molecular weight excluding hydrogens is 370 g/mol. The normalized spacial score (nSPS) is 13.5. The highest BCUT2D eigenvalue weighted by Crippen LogP contribution is 2.19. The highest BCUT2D eigenvalue weighted by Gasteiger charge is 2.24. The van der Waals surface area contributed by atoms with Crippen molar-refractivity contribution >= 4 is 23.2 Å². The summed E-state index contributed by atoms with van der Waals surface area (Å²) in [6.45, 7) is 3.87. The number of rotatable bonds is 10. The van der Waals surface area contributed by atoms with Gasteiger partial charge in [-0.25, -0.2) is 0 Å². The van der Waals surface area contributed by atoms with Gasteiger partial charge in [0.15, 0.2) is 0 Å². The standard InChI is InChI=1S/C22H29N3O2S/c1-17-8-11-20(28-17)14-25(13-12-18-6-4-3-5-7-18)22(27)16-24(2)15-21(26)23-19-9-10-19/h3-8,11,19H,9-10,12-16H2,1-2H3,(H,23,26). The van der Waals surface area contributed by atoms with Crippen LogP contribution in [-0.4, -0.2) is 54.3 Å². The SMILES string of the molecule is Cc1ccc(CN(CCc2ccccc2)C(=O)CN(C)CC(=O)NC2CC2)s1. The van der Waals surface area contributed by atoms with Crippen molar-refractivity contribution in [2.75, 3.05) is 26.7 Å². The third-order valence-corrected chi connectivity index (χ3v) is 5.76. The highest BCUT2D eigenvalue weighted by molar-refractivity contribution is 7.11. The predicted octanol–water partition coefficient (Wildman–Crippen LogP) is 2.84. The van der Waals surface area contributed by atoms with Crippen LogP contribution in [0.25, 0.3) is 0 Å². The molecule has 0 unspecified atom stereocenters. The zero-order chi connectivity index (χ0) is 19.9. The lowest BCUT2D eigenvalue weighted by molar-refractivity contribution is -0.133. The molecule has 0 atom stereocenters. The fraction of sp³-hybridized carbons (Fsp3) is 0.455. The Bertz CT molecular complexity index is 786. The molecule has 6 heteroatoms. The minimum absolute atomic E-state index is 0.00233. The molecule has 28 heavy (non-hydrogen) atoms. The fourth-order valence-electron chi connectivity index (χ4n) is 3.09. The molecule has 1 N–H and O–H groups in total. The van der Waals surface area contributed by atoms with E-state index in [0.29, 0.717) is 19.1 Å². The lowest BCUT2D eigenvalue weighted by Gasteiger charge is -2.25. The highest BCUT2D eigenvalue weighted by atomic mass is 32.1. The molecule has 1 fully saturated rings. The Morgan fingerprint density at radius 1 is 1.11 bits per heavy atom. The average molecular weight is 400 g/mol. The van der Waals surface area contributed by atoms with Gasteiger partial charge < -0.3 is 10.2 Å². The first kappa shape index (κ1) is 20.6. The van der Waals surface area contributed by atoms with E-state index in [0.717, 1.165) is 19.3 Å². The van der Waals surface area contributed by atoms with E-state index >= 15 is 0 Å². The number of aryl methyl sites for hydroxylation is 1. The summed E-state index contributed by atoms with van der Waals surface area (Å²) in [7, 11) is 1.83. The van der Waals surface area contributed by atoms with Crippen LogP contribution >= 0.6 is 11.3 Å². The molecule has 0 saturated heterocycles. The molecule has 0 aliphatic heterocycles. The first-order chi connectivity index (χ1) is 13.5. The lowest BCUT2D eigenvalue weighted by Crippen LogP contribution is -2.43. The van der Waals surface area contributed by atoms with Crippen molar-refractivity contribution in [1.82, 2.24) is 15.1 Å². The van der Waals surface area contributed by atoms with Gasteiger partial charge in [0.25, 0.3) is 0 Å². The summed E-state index contributed by atoms with van der Waals surface area (Å²) in [6, 6.07) is 14.8. The van der Waals surface area contributed by atoms with Crippen LogP contribution < -0.4 is 5.32 Å². The Hall–Kier alpha value is -2.18. The van der Waals surface area contributed by atoms with Gasteiger partial charge in [0.1, 0.15) is 0 Å². The number of carbonyl (C=O) groups is 2. The summed E-state index contributed by atoms with van der Waals surface area (Å²) >= 11 is 1.73. The number of amides is 2. The first-order valence-electron chi connectivity index (χ1n) is 9.84. The van der Waals surface area contributed by atoms with Gasteiger partial charge in [-0.05, 0) is 50.9 Å². The molecule has 0 bridgehead atoms. The van der Waals surface area contributed by atoms with Crippen molar-refractivity contribution < 1.29 is 9.59 Å². The van der Waals surface area contributed by atoms with Gasteiger partial charge in [0.2, 0.25) is 11.8 Å². The van der Waals surface area contributed by atoms with Gasteiger partial charge >= 0.3 is 0 Å². The number of hydrogen-bond donors (Lipinski definition) is 1. The largest absolute Gasteiger partial charge is 0.352 e. The molecule has 150 valence electrons. The Labute approximate surface area is 171 Å². The van der Waals surface area contributed by atoms with Gasteiger partial charge in [0, 0.05) is 22.3 Å². The van der Waals surface area contributed by atoms with Gasteiger partial charge in [-0.1, -0.05) is 30.3 Å². The Kier molecular flexibility index (Phi) is 7.23. The molecule has 1 aromatic heterocycles. The van der Waals surface area contributed by atoms with E-state index in [1.807, 2.05) is 30.1 Å².